The maximum absolute atomic E-state index is 12.9. The summed E-state index contributed by atoms with van der Waals surface area (Å²) in [5.41, 5.74) is 1.73. The highest BCUT2D eigenvalue weighted by Crippen LogP contribution is 2.30. The molecule has 0 bridgehead atoms. The molecule has 3 rings (SSSR count). The standard InChI is InChI=1S/C21H16OS/c22-21(18-12-6-2-7-13-18)20(16-17-10-4-1-5-11-17)23-19-14-8-3-9-15-19/h1-16H/b20-16+. The van der Waals surface area contributed by atoms with E-state index in [0.717, 1.165) is 10.5 Å². The average Bonchev–Trinajstić information content (AvgIpc) is 2.63. The molecule has 0 radical (unpaired) electrons. The molecule has 0 saturated carbocycles. The molecule has 3 aromatic carbocycles. The number of Topliss-reactive ketones (excluding diaryl/α,β-unsaturated/α-hetero) is 1. The van der Waals surface area contributed by atoms with E-state index in [2.05, 4.69) is 0 Å². The van der Waals surface area contributed by atoms with Crippen molar-refractivity contribution in [1.29, 1.82) is 0 Å². The van der Waals surface area contributed by atoms with E-state index >= 15 is 0 Å². The van der Waals surface area contributed by atoms with Gasteiger partial charge in [-0.2, -0.15) is 0 Å². The largest absolute Gasteiger partial charge is 0.288 e. The van der Waals surface area contributed by atoms with Gasteiger partial charge in [0.05, 0.1) is 4.91 Å². The van der Waals surface area contributed by atoms with E-state index in [9.17, 15) is 4.79 Å². The van der Waals surface area contributed by atoms with Crippen LogP contribution in [0.4, 0.5) is 0 Å². The molecule has 0 N–H and O–H groups in total. The van der Waals surface area contributed by atoms with E-state index in [4.69, 9.17) is 0 Å². The molecule has 23 heavy (non-hydrogen) atoms. The van der Waals surface area contributed by atoms with Gasteiger partial charge in [-0.3, -0.25) is 4.79 Å². The van der Waals surface area contributed by atoms with Gasteiger partial charge in [-0.25, -0.2) is 0 Å². The Hall–Kier alpha value is -2.58. The summed E-state index contributed by atoms with van der Waals surface area (Å²) < 4.78 is 0. The van der Waals surface area contributed by atoms with E-state index in [1.54, 1.807) is 0 Å². The summed E-state index contributed by atoms with van der Waals surface area (Å²) in [6.07, 6.45) is 1.95. The molecule has 0 saturated heterocycles. The maximum Gasteiger partial charge on any atom is 0.199 e. The molecule has 0 aliphatic carbocycles. The fraction of sp³-hybridized carbons (Fsp3) is 0. The highest BCUT2D eigenvalue weighted by molar-refractivity contribution is 8.04. The second kappa shape index (κ2) is 7.61. The number of thioether (sulfide) groups is 1. The maximum atomic E-state index is 12.9. The van der Waals surface area contributed by atoms with Gasteiger partial charge in [-0.15, -0.1) is 0 Å². The van der Waals surface area contributed by atoms with Crippen LogP contribution in [-0.2, 0) is 0 Å². The first kappa shape index (κ1) is 15.3. The first-order valence-electron chi connectivity index (χ1n) is 7.42. The summed E-state index contributed by atoms with van der Waals surface area (Å²) >= 11 is 1.50. The lowest BCUT2D eigenvalue weighted by atomic mass is 10.1. The van der Waals surface area contributed by atoms with Crippen molar-refractivity contribution in [3.05, 3.63) is 107 Å². The zero-order chi connectivity index (χ0) is 15.9. The van der Waals surface area contributed by atoms with Crippen LogP contribution in [0.15, 0.2) is 101 Å². The predicted octanol–water partition coefficient (Wildman–Crippen LogP) is 5.70. The Labute approximate surface area is 140 Å². The lowest BCUT2D eigenvalue weighted by Crippen LogP contribution is -2.00. The van der Waals surface area contributed by atoms with Crippen molar-refractivity contribution < 1.29 is 4.79 Å². The van der Waals surface area contributed by atoms with Gasteiger partial charge >= 0.3 is 0 Å². The number of hydrogen-bond donors (Lipinski definition) is 0. The number of benzene rings is 3. The van der Waals surface area contributed by atoms with Crippen molar-refractivity contribution in [3.63, 3.8) is 0 Å². The molecule has 1 nitrogen and oxygen atoms in total. The molecular weight excluding hydrogens is 300 g/mol. The molecule has 0 aromatic heterocycles. The predicted molar refractivity (Wildman–Crippen MR) is 97.5 cm³/mol. The van der Waals surface area contributed by atoms with Crippen molar-refractivity contribution in [2.75, 3.05) is 0 Å². The first-order valence-corrected chi connectivity index (χ1v) is 8.24. The van der Waals surface area contributed by atoms with Crippen LogP contribution in [0.2, 0.25) is 0 Å². The SMILES string of the molecule is O=C(/C(=C\c1ccccc1)Sc1ccccc1)c1ccccc1. The van der Waals surface area contributed by atoms with Gasteiger partial charge in [-0.1, -0.05) is 90.6 Å². The fourth-order valence-corrected chi connectivity index (χ4v) is 3.14. The Balaban J connectivity index is 1.96. The van der Waals surface area contributed by atoms with Crippen LogP contribution >= 0.6 is 11.8 Å². The third kappa shape index (κ3) is 4.21. The summed E-state index contributed by atoms with van der Waals surface area (Å²) in [5.74, 6) is 0.0447. The van der Waals surface area contributed by atoms with Gasteiger partial charge in [-0.05, 0) is 23.8 Å². The smallest absolute Gasteiger partial charge is 0.199 e. The van der Waals surface area contributed by atoms with Crippen LogP contribution in [0.5, 0.6) is 0 Å². The van der Waals surface area contributed by atoms with Gasteiger partial charge in [0.25, 0.3) is 0 Å². The topological polar surface area (TPSA) is 17.1 Å². The van der Waals surface area contributed by atoms with Gasteiger partial charge < -0.3 is 0 Å². The van der Waals surface area contributed by atoms with Crippen LogP contribution in [0.3, 0.4) is 0 Å². The van der Waals surface area contributed by atoms with Gasteiger partial charge in [0.1, 0.15) is 0 Å². The molecule has 2 heteroatoms. The minimum atomic E-state index is 0.0447. The summed E-state index contributed by atoms with van der Waals surface area (Å²) in [6.45, 7) is 0. The van der Waals surface area contributed by atoms with Crippen molar-refractivity contribution in [3.8, 4) is 0 Å². The van der Waals surface area contributed by atoms with E-state index in [1.807, 2.05) is 97.1 Å². The molecule has 0 unspecified atom stereocenters. The molecule has 0 amide bonds. The number of carbonyl (C=O) groups excluding carboxylic acids is 1. The summed E-state index contributed by atoms with van der Waals surface area (Å²) in [4.78, 5) is 14.6. The Bertz CT molecular complexity index is 793. The normalized spacial score (nSPS) is 11.2. The molecule has 0 aliphatic heterocycles. The van der Waals surface area contributed by atoms with Crippen LogP contribution in [0.1, 0.15) is 15.9 Å². The minimum Gasteiger partial charge on any atom is -0.288 e. The highest BCUT2D eigenvalue weighted by Gasteiger charge is 2.13. The quantitative estimate of drug-likeness (QED) is 0.341. The fourth-order valence-electron chi connectivity index (χ4n) is 2.19. The van der Waals surface area contributed by atoms with Crippen LogP contribution in [-0.4, -0.2) is 5.78 Å². The Morgan fingerprint density at radius 1 is 0.696 bits per heavy atom. The van der Waals surface area contributed by atoms with E-state index in [1.165, 1.54) is 11.8 Å². The Morgan fingerprint density at radius 3 is 1.83 bits per heavy atom. The zero-order valence-electron chi connectivity index (χ0n) is 12.6. The zero-order valence-corrected chi connectivity index (χ0v) is 13.4. The second-order valence-corrected chi connectivity index (χ2v) is 6.14. The molecule has 112 valence electrons. The van der Waals surface area contributed by atoms with Crippen LogP contribution < -0.4 is 0 Å². The first-order chi connectivity index (χ1) is 11.3. The molecular formula is C21H16OS. The lowest BCUT2D eigenvalue weighted by molar-refractivity contribution is 0.104. The lowest BCUT2D eigenvalue weighted by Gasteiger charge is -2.07. The molecule has 0 fully saturated rings. The van der Waals surface area contributed by atoms with E-state index in [0.29, 0.717) is 10.5 Å². The summed E-state index contributed by atoms with van der Waals surface area (Å²) in [6, 6.07) is 29.3. The van der Waals surface area contributed by atoms with E-state index < -0.39 is 0 Å². The van der Waals surface area contributed by atoms with Gasteiger partial charge in [0.2, 0.25) is 0 Å². The summed E-state index contributed by atoms with van der Waals surface area (Å²) in [7, 11) is 0. The van der Waals surface area contributed by atoms with Crippen LogP contribution in [0.25, 0.3) is 6.08 Å². The second-order valence-electron chi connectivity index (χ2n) is 5.03. The number of carbonyl (C=O) groups is 1. The Kier molecular flexibility index (Phi) is 5.07. The number of allylic oxidation sites excluding steroid dienone is 1. The van der Waals surface area contributed by atoms with Crippen molar-refractivity contribution in [2.45, 2.75) is 4.90 Å². The van der Waals surface area contributed by atoms with Crippen LogP contribution in [0, 0.1) is 0 Å². The third-order valence-electron chi connectivity index (χ3n) is 3.33. The minimum absolute atomic E-state index is 0.0447. The van der Waals surface area contributed by atoms with E-state index in [-0.39, 0.29) is 5.78 Å². The highest BCUT2D eigenvalue weighted by atomic mass is 32.2. The van der Waals surface area contributed by atoms with Crippen molar-refractivity contribution in [2.24, 2.45) is 0 Å². The average molecular weight is 316 g/mol. The third-order valence-corrected chi connectivity index (χ3v) is 4.36. The number of ketones is 1. The molecule has 0 aliphatic rings. The molecule has 0 spiro atoms. The number of hydrogen-bond acceptors (Lipinski definition) is 2. The number of rotatable bonds is 5. The van der Waals surface area contributed by atoms with Crippen molar-refractivity contribution in [1.82, 2.24) is 0 Å². The van der Waals surface area contributed by atoms with Gasteiger partial charge in [0, 0.05) is 10.5 Å². The monoisotopic (exact) mass is 316 g/mol. The molecule has 3 aromatic rings. The molecule has 0 heterocycles. The Morgan fingerprint density at radius 2 is 1.22 bits per heavy atom. The molecule has 0 atom stereocenters. The van der Waals surface area contributed by atoms with Crippen molar-refractivity contribution >= 4 is 23.6 Å². The summed E-state index contributed by atoms with van der Waals surface area (Å²) in [5, 5.41) is 0. The van der Waals surface area contributed by atoms with Gasteiger partial charge in [0.15, 0.2) is 5.78 Å².